The molecule has 0 saturated carbocycles. The second-order valence-corrected chi connectivity index (χ2v) is 4.98. The number of carbonyl (C=O) groups excluding carboxylic acids is 1. The monoisotopic (exact) mass is 336 g/mol. The van der Waals surface area contributed by atoms with Gasteiger partial charge in [-0.2, -0.15) is 0 Å². The largest absolute Gasteiger partial charge is 0.393 e. The number of amides is 1. The molecular weight excluding hydrogens is 326 g/mol. The highest BCUT2D eigenvalue weighted by atomic mass is 79.9. The van der Waals surface area contributed by atoms with E-state index < -0.39 is 29.1 Å². The summed E-state index contributed by atoms with van der Waals surface area (Å²) >= 11 is 7.66. The molecule has 1 atom stereocenters. The Morgan fingerprint density at radius 1 is 1.50 bits per heavy atom. The van der Waals surface area contributed by atoms with Crippen molar-refractivity contribution >= 4 is 44.7 Å². The second-order valence-electron chi connectivity index (χ2n) is 3.60. The molecule has 0 spiro atoms. The van der Waals surface area contributed by atoms with Crippen LogP contribution in [0.2, 0.25) is 0 Å². The number of hydrogen-bond donors (Lipinski definition) is 2. The number of rotatable bonds is 4. The third-order valence-corrected chi connectivity index (χ3v) is 3.07. The molecule has 1 rings (SSSR count). The predicted octanol–water partition coefficient (Wildman–Crippen LogP) is 2.98. The van der Waals surface area contributed by atoms with E-state index in [1.54, 1.807) is 6.92 Å². The number of carbonyl (C=O) groups is 1. The zero-order chi connectivity index (χ0) is 13.9. The highest BCUT2D eigenvalue weighted by molar-refractivity contribution is 9.10. The first-order chi connectivity index (χ1) is 8.36. The number of hydrogen-bond acceptors (Lipinski definition) is 2. The van der Waals surface area contributed by atoms with Gasteiger partial charge in [0.2, 0.25) is 5.91 Å². The molecule has 0 radical (unpaired) electrons. The van der Waals surface area contributed by atoms with E-state index >= 15 is 0 Å². The zero-order valence-corrected chi connectivity index (χ0v) is 11.9. The minimum absolute atomic E-state index is 0.00655. The fraction of sp³-hybridized carbons (Fsp3) is 0.273. The summed E-state index contributed by atoms with van der Waals surface area (Å²) in [4.78, 5) is 11.7. The van der Waals surface area contributed by atoms with Gasteiger partial charge >= 0.3 is 0 Å². The van der Waals surface area contributed by atoms with Gasteiger partial charge in [0.15, 0.2) is 11.6 Å². The summed E-state index contributed by atoms with van der Waals surface area (Å²) in [5.74, 6) is -3.10. The van der Waals surface area contributed by atoms with Crippen LogP contribution in [0, 0.1) is 17.6 Å². The lowest BCUT2D eigenvalue weighted by Crippen LogP contribution is -2.33. The molecule has 0 aliphatic carbocycles. The maximum Gasteiger partial charge on any atom is 0.234 e. The highest BCUT2D eigenvalue weighted by Gasteiger charge is 2.22. The topological polar surface area (TPSA) is 55.1 Å². The minimum atomic E-state index is -0.868. The molecule has 0 heterocycles. The quantitative estimate of drug-likeness (QED) is 0.831. The number of thiocarbonyl (C=S) groups is 1. The van der Waals surface area contributed by atoms with Gasteiger partial charge in [-0.05, 0) is 18.6 Å². The fourth-order valence-corrected chi connectivity index (χ4v) is 2.06. The lowest BCUT2D eigenvalue weighted by molar-refractivity contribution is -0.118. The molecule has 1 aromatic carbocycles. The molecular formula is C11H11BrF2N2OS. The predicted molar refractivity (Wildman–Crippen MR) is 73.3 cm³/mol. The van der Waals surface area contributed by atoms with Gasteiger partial charge < -0.3 is 11.1 Å². The van der Waals surface area contributed by atoms with Crippen molar-refractivity contribution in [3.8, 4) is 0 Å². The van der Waals surface area contributed by atoms with Crippen molar-refractivity contribution in [1.82, 2.24) is 0 Å². The number of nitrogens with one attached hydrogen (secondary N) is 1. The molecule has 0 aliphatic rings. The Hall–Kier alpha value is -1.08. The Balaban J connectivity index is 2.98. The molecule has 0 bridgehead atoms. The average molecular weight is 337 g/mol. The zero-order valence-electron chi connectivity index (χ0n) is 9.47. The Labute approximate surface area is 117 Å². The summed E-state index contributed by atoms with van der Waals surface area (Å²) in [6, 6.07) is 2.11. The molecule has 1 aromatic rings. The van der Waals surface area contributed by atoms with Gasteiger partial charge in [0, 0.05) is 4.47 Å². The smallest absolute Gasteiger partial charge is 0.234 e. The van der Waals surface area contributed by atoms with Gasteiger partial charge in [-0.25, -0.2) is 8.78 Å². The highest BCUT2D eigenvalue weighted by Crippen LogP contribution is 2.24. The molecule has 0 aliphatic heterocycles. The van der Waals surface area contributed by atoms with Crippen molar-refractivity contribution in [2.45, 2.75) is 13.3 Å². The van der Waals surface area contributed by atoms with Crippen LogP contribution < -0.4 is 11.1 Å². The molecule has 18 heavy (non-hydrogen) atoms. The van der Waals surface area contributed by atoms with Crippen LogP contribution in [0.15, 0.2) is 16.6 Å². The van der Waals surface area contributed by atoms with Crippen molar-refractivity contribution in [2.75, 3.05) is 5.32 Å². The first-order valence-corrected chi connectivity index (χ1v) is 6.31. The van der Waals surface area contributed by atoms with Crippen LogP contribution in [-0.2, 0) is 4.79 Å². The van der Waals surface area contributed by atoms with Crippen LogP contribution in [0.5, 0.6) is 0 Å². The van der Waals surface area contributed by atoms with E-state index in [2.05, 4.69) is 21.2 Å². The third kappa shape index (κ3) is 3.46. The first-order valence-electron chi connectivity index (χ1n) is 5.11. The number of anilines is 1. The maximum absolute atomic E-state index is 13.5. The standard InChI is InChI=1S/C11H11BrF2N2OS/c1-2-6(10(15)18)11(17)16-9-7(13)3-5(12)4-8(9)14/h3-4,6H,2H2,1H3,(H2,15,18)(H,16,17). The van der Waals surface area contributed by atoms with E-state index in [1.165, 1.54) is 0 Å². The lowest BCUT2D eigenvalue weighted by Gasteiger charge is -2.14. The summed E-state index contributed by atoms with van der Waals surface area (Å²) in [6.07, 6.45) is 0.362. The van der Waals surface area contributed by atoms with Gasteiger partial charge in [0.05, 0.1) is 10.9 Å². The van der Waals surface area contributed by atoms with Crippen molar-refractivity contribution in [1.29, 1.82) is 0 Å². The Kier molecular flexibility index (Phi) is 5.15. The van der Waals surface area contributed by atoms with E-state index in [-0.39, 0.29) is 9.46 Å². The first kappa shape index (κ1) is 15.0. The second kappa shape index (κ2) is 6.19. The van der Waals surface area contributed by atoms with Gasteiger partial charge in [0.25, 0.3) is 0 Å². The van der Waals surface area contributed by atoms with Crippen molar-refractivity contribution < 1.29 is 13.6 Å². The Bertz CT molecular complexity index is 473. The van der Waals surface area contributed by atoms with Gasteiger partial charge in [-0.3, -0.25) is 4.79 Å². The van der Waals surface area contributed by atoms with Crippen LogP contribution >= 0.6 is 28.1 Å². The molecule has 98 valence electrons. The molecule has 1 amide bonds. The maximum atomic E-state index is 13.5. The summed E-state index contributed by atoms with van der Waals surface area (Å²) in [5.41, 5.74) is 4.88. The summed E-state index contributed by atoms with van der Waals surface area (Å²) in [7, 11) is 0. The van der Waals surface area contributed by atoms with E-state index in [1.807, 2.05) is 0 Å². The minimum Gasteiger partial charge on any atom is -0.393 e. The third-order valence-electron chi connectivity index (χ3n) is 2.32. The van der Waals surface area contributed by atoms with Crippen LogP contribution in [0.1, 0.15) is 13.3 Å². The van der Waals surface area contributed by atoms with Crippen LogP contribution in [0.3, 0.4) is 0 Å². The molecule has 1 unspecified atom stereocenters. The summed E-state index contributed by atoms with van der Waals surface area (Å²) < 4.78 is 27.2. The van der Waals surface area contributed by atoms with E-state index in [0.717, 1.165) is 12.1 Å². The SMILES string of the molecule is CCC(C(=O)Nc1c(F)cc(Br)cc1F)C(N)=S. The van der Waals surface area contributed by atoms with Crippen molar-refractivity contribution in [2.24, 2.45) is 11.7 Å². The van der Waals surface area contributed by atoms with Crippen molar-refractivity contribution in [3.05, 3.63) is 28.2 Å². The van der Waals surface area contributed by atoms with E-state index in [4.69, 9.17) is 18.0 Å². The Morgan fingerprint density at radius 2 is 2.00 bits per heavy atom. The van der Waals surface area contributed by atoms with E-state index in [9.17, 15) is 13.6 Å². The summed E-state index contributed by atoms with van der Waals surface area (Å²) in [5, 5.41) is 2.16. The van der Waals surface area contributed by atoms with Crippen LogP contribution in [-0.4, -0.2) is 10.9 Å². The average Bonchev–Trinajstić information content (AvgIpc) is 2.23. The molecule has 3 nitrogen and oxygen atoms in total. The summed E-state index contributed by atoms with van der Waals surface area (Å²) in [6.45, 7) is 1.71. The van der Waals surface area contributed by atoms with Gasteiger partial charge in [0.1, 0.15) is 5.69 Å². The number of halogens is 3. The lowest BCUT2D eigenvalue weighted by atomic mass is 10.1. The fourth-order valence-electron chi connectivity index (χ4n) is 1.39. The molecule has 0 aromatic heterocycles. The molecule has 0 saturated heterocycles. The molecule has 0 fully saturated rings. The van der Waals surface area contributed by atoms with E-state index in [0.29, 0.717) is 6.42 Å². The van der Waals surface area contributed by atoms with Gasteiger partial charge in [-0.15, -0.1) is 0 Å². The number of nitrogens with two attached hydrogens (primary N) is 1. The normalized spacial score (nSPS) is 12.0. The van der Waals surface area contributed by atoms with Gasteiger partial charge in [-0.1, -0.05) is 35.1 Å². The van der Waals surface area contributed by atoms with Crippen LogP contribution in [0.25, 0.3) is 0 Å². The number of benzene rings is 1. The van der Waals surface area contributed by atoms with Crippen LogP contribution in [0.4, 0.5) is 14.5 Å². The van der Waals surface area contributed by atoms with Crippen molar-refractivity contribution in [3.63, 3.8) is 0 Å². The Morgan fingerprint density at radius 3 is 2.39 bits per heavy atom. The molecule has 7 heteroatoms. The molecule has 3 N–H and O–H groups in total.